The number of hydrogen-bond acceptors (Lipinski definition) is 0. The van der Waals surface area contributed by atoms with Gasteiger partial charge in [-0.05, 0) is 24.5 Å². The zero-order valence-corrected chi connectivity index (χ0v) is 7.19. The molecule has 0 nitrogen and oxygen atoms in total. The summed E-state index contributed by atoms with van der Waals surface area (Å²) in [6.07, 6.45) is 2.51. The van der Waals surface area contributed by atoms with Gasteiger partial charge in [0.1, 0.15) is 0 Å². The van der Waals surface area contributed by atoms with Crippen molar-refractivity contribution < 1.29 is 0 Å². The Morgan fingerprint density at radius 1 is 1.40 bits per heavy atom. The minimum Gasteiger partial charge on any atom is -0.0801 e. The molecule has 0 amide bonds. The first kappa shape index (κ1) is 6.41. The van der Waals surface area contributed by atoms with Crippen LogP contribution in [-0.4, -0.2) is 0 Å². The van der Waals surface area contributed by atoms with E-state index in [1.165, 1.54) is 18.4 Å². The Labute approximate surface area is 69.4 Å². The summed E-state index contributed by atoms with van der Waals surface area (Å²) in [5, 5.41) is 0. The number of benzene rings is 1. The summed E-state index contributed by atoms with van der Waals surface area (Å²) in [6.45, 7) is 0. The second kappa shape index (κ2) is 2.09. The molecule has 1 aromatic carbocycles. The maximum absolute atomic E-state index is 3.67. The first-order valence-electron chi connectivity index (χ1n) is 3.47. The molecule has 0 aromatic heterocycles. The highest BCUT2D eigenvalue weighted by atomic mass is 79.9. The summed E-state index contributed by atoms with van der Waals surface area (Å²) >= 11 is 3.67. The van der Waals surface area contributed by atoms with Crippen molar-refractivity contribution in [3.05, 3.63) is 35.9 Å². The summed E-state index contributed by atoms with van der Waals surface area (Å²) in [5.74, 6) is 0. The van der Waals surface area contributed by atoms with Crippen LogP contribution in [0.5, 0.6) is 0 Å². The molecule has 0 bridgehead atoms. The van der Waals surface area contributed by atoms with Gasteiger partial charge in [-0.25, -0.2) is 0 Å². The van der Waals surface area contributed by atoms with Crippen LogP contribution in [0.4, 0.5) is 0 Å². The minimum atomic E-state index is 0.300. The maximum Gasteiger partial charge on any atom is 0.0513 e. The summed E-state index contributed by atoms with van der Waals surface area (Å²) in [6, 6.07) is 11.4. The molecule has 0 unspecified atom stereocenters. The predicted molar refractivity (Wildman–Crippen MR) is 45.1 cm³/mol. The molecule has 51 valence electrons. The molecule has 1 fully saturated rings. The number of hydrogen-bond donors (Lipinski definition) is 0. The van der Waals surface area contributed by atoms with E-state index in [-0.39, 0.29) is 0 Å². The fourth-order valence-corrected chi connectivity index (χ4v) is 1.50. The Morgan fingerprint density at radius 2 is 2.20 bits per heavy atom. The Kier molecular flexibility index (Phi) is 1.34. The van der Waals surface area contributed by atoms with E-state index in [0.29, 0.717) is 4.32 Å². The van der Waals surface area contributed by atoms with Crippen LogP contribution in [0.3, 0.4) is 0 Å². The standard InChI is InChI=1S/C9H8Br/c10-9(6-7-9)8-4-2-1-3-5-8/h1-4H,6-7H2. The van der Waals surface area contributed by atoms with Crippen LogP contribution in [0.25, 0.3) is 0 Å². The van der Waals surface area contributed by atoms with Crippen LogP contribution >= 0.6 is 15.9 Å². The molecular weight excluding hydrogens is 188 g/mol. The largest absolute Gasteiger partial charge is 0.0801 e. The molecule has 1 heteroatoms. The monoisotopic (exact) mass is 195 g/mol. The van der Waals surface area contributed by atoms with Crippen molar-refractivity contribution in [1.29, 1.82) is 0 Å². The van der Waals surface area contributed by atoms with Gasteiger partial charge in [-0.3, -0.25) is 0 Å². The molecular formula is C9H8Br. The topological polar surface area (TPSA) is 0 Å². The van der Waals surface area contributed by atoms with Crippen LogP contribution in [0.1, 0.15) is 18.4 Å². The SMILES string of the molecule is BrC1(c2[c]cccc2)CC1. The van der Waals surface area contributed by atoms with Crippen molar-refractivity contribution in [2.75, 3.05) is 0 Å². The number of rotatable bonds is 1. The lowest BCUT2D eigenvalue weighted by Crippen LogP contribution is -1.93. The second-order valence-corrected chi connectivity index (χ2v) is 4.26. The summed E-state index contributed by atoms with van der Waals surface area (Å²) < 4.78 is 0.300. The number of alkyl halides is 1. The Bertz CT molecular complexity index is 224. The molecule has 0 aliphatic heterocycles. The Balaban J connectivity index is 2.35. The van der Waals surface area contributed by atoms with Crippen LogP contribution < -0.4 is 0 Å². The molecule has 1 aliphatic carbocycles. The van der Waals surface area contributed by atoms with Gasteiger partial charge in [0.25, 0.3) is 0 Å². The lowest BCUT2D eigenvalue weighted by atomic mass is 10.1. The van der Waals surface area contributed by atoms with Crippen molar-refractivity contribution in [1.82, 2.24) is 0 Å². The molecule has 1 aromatic rings. The van der Waals surface area contributed by atoms with Crippen molar-refractivity contribution in [2.24, 2.45) is 0 Å². The predicted octanol–water partition coefficient (Wildman–Crippen LogP) is 2.87. The first-order chi connectivity index (χ1) is 4.81. The van der Waals surface area contributed by atoms with Crippen molar-refractivity contribution in [2.45, 2.75) is 17.2 Å². The molecule has 2 rings (SSSR count). The van der Waals surface area contributed by atoms with Gasteiger partial charge in [0.2, 0.25) is 0 Å². The minimum absolute atomic E-state index is 0.300. The smallest absolute Gasteiger partial charge is 0.0513 e. The van der Waals surface area contributed by atoms with Crippen molar-refractivity contribution in [3.8, 4) is 0 Å². The summed E-state index contributed by atoms with van der Waals surface area (Å²) in [5.41, 5.74) is 1.30. The molecule has 0 spiro atoms. The first-order valence-corrected chi connectivity index (χ1v) is 4.27. The van der Waals surface area contributed by atoms with Gasteiger partial charge in [-0.1, -0.05) is 40.2 Å². The van der Waals surface area contributed by atoms with Gasteiger partial charge in [0, 0.05) is 0 Å². The van der Waals surface area contributed by atoms with E-state index in [1.54, 1.807) is 0 Å². The van der Waals surface area contributed by atoms with Crippen LogP contribution in [0.2, 0.25) is 0 Å². The van der Waals surface area contributed by atoms with E-state index in [1.807, 2.05) is 12.1 Å². The Morgan fingerprint density at radius 3 is 2.70 bits per heavy atom. The fraction of sp³-hybridized carbons (Fsp3) is 0.333. The summed E-state index contributed by atoms with van der Waals surface area (Å²) in [7, 11) is 0. The third kappa shape index (κ3) is 0.988. The normalized spacial score (nSPS) is 20.5. The quantitative estimate of drug-likeness (QED) is 0.606. The molecule has 1 saturated carbocycles. The highest BCUT2D eigenvalue weighted by Crippen LogP contribution is 2.53. The van der Waals surface area contributed by atoms with E-state index >= 15 is 0 Å². The van der Waals surface area contributed by atoms with E-state index < -0.39 is 0 Å². The average molecular weight is 196 g/mol. The van der Waals surface area contributed by atoms with Gasteiger partial charge in [-0.2, -0.15) is 0 Å². The van der Waals surface area contributed by atoms with Crippen molar-refractivity contribution >= 4 is 15.9 Å². The third-order valence-electron chi connectivity index (χ3n) is 1.88. The molecule has 0 N–H and O–H groups in total. The Hall–Kier alpha value is -0.300. The van der Waals surface area contributed by atoms with E-state index in [9.17, 15) is 0 Å². The van der Waals surface area contributed by atoms with Crippen LogP contribution in [0.15, 0.2) is 24.3 Å². The lowest BCUT2D eigenvalue weighted by Gasteiger charge is -2.03. The molecule has 0 saturated heterocycles. The highest BCUT2D eigenvalue weighted by molar-refractivity contribution is 9.09. The van der Waals surface area contributed by atoms with Gasteiger partial charge in [0.05, 0.1) is 4.32 Å². The molecule has 1 aliphatic rings. The van der Waals surface area contributed by atoms with Gasteiger partial charge in [-0.15, -0.1) is 0 Å². The lowest BCUT2D eigenvalue weighted by molar-refractivity contribution is 1.06. The zero-order valence-electron chi connectivity index (χ0n) is 5.60. The second-order valence-electron chi connectivity index (χ2n) is 2.74. The highest BCUT2D eigenvalue weighted by Gasteiger charge is 2.41. The van der Waals surface area contributed by atoms with Gasteiger partial charge >= 0.3 is 0 Å². The van der Waals surface area contributed by atoms with E-state index in [4.69, 9.17) is 0 Å². The fourth-order valence-electron chi connectivity index (χ4n) is 1.05. The molecule has 0 heterocycles. The van der Waals surface area contributed by atoms with Gasteiger partial charge in [0.15, 0.2) is 0 Å². The van der Waals surface area contributed by atoms with Gasteiger partial charge < -0.3 is 0 Å². The van der Waals surface area contributed by atoms with E-state index in [0.717, 1.165) is 0 Å². The average Bonchev–Trinajstić information content (AvgIpc) is 2.72. The maximum atomic E-state index is 3.67. The van der Waals surface area contributed by atoms with Crippen LogP contribution in [0, 0.1) is 6.07 Å². The third-order valence-corrected chi connectivity index (χ3v) is 3.10. The number of halogens is 1. The zero-order chi connectivity index (χ0) is 7.03. The summed E-state index contributed by atoms with van der Waals surface area (Å²) in [4.78, 5) is 0. The van der Waals surface area contributed by atoms with Crippen molar-refractivity contribution in [3.63, 3.8) is 0 Å². The molecule has 1 radical (unpaired) electrons. The molecule has 10 heavy (non-hydrogen) atoms. The molecule has 0 atom stereocenters. The van der Waals surface area contributed by atoms with E-state index in [2.05, 4.69) is 34.1 Å². The van der Waals surface area contributed by atoms with Crippen LogP contribution in [-0.2, 0) is 4.32 Å².